The number of aromatic nitrogens is 1. The monoisotopic (exact) mass is 234 g/mol. The molecule has 0 fully saturated rings. The molecule has 6 nitrogen and oxygen atoms in total. The number of nitrogens with zero attached hydrogens (tertiary/aromatic N) is 2. The van der Waals surface area contributed by atoms with E-state index in [1.54, 1.807) is 0 Å². The molecular weight excluding hydrogens is 226 g/mol. The maximum atomic E-state index is 12.5. The fourth-order valence-electron chi connectivity index (χ4n) is 1.16. The van der Waals surface area contributed by atoms with Crippen LogP contribution in [0.5, 0.6) is 11.5 Å². The molecule has 0 aliphatic carbocycles. The zero-order valence-corrected chi connectivity index (χ0v) is 8.44. The number of nitro groups is 1. The molecule has 0 N–H and O–H groups in total. The van der Waals surface area contributed by atoms with E-state index in [1.807, 2.05) is 0 Å². The molecule has 0 saturated heterocycles. The topological polar surface area (TPSA) is 74.5 Å². The van der Waals surface area contributed by atoms with Crippen LogP contribution in [0.1, 0.15) is 12.1 Å². The molecule has 1 rings (SSSR count). The summed E-state index contributed by atoms with van der Waals surface area (Å²) in [5, 5.41) is 10.7. The lowest BCUT2D eigenvalue weighted by atomic mass is 10.2. The summed E-state index contributed by atoms with van der Waals surface area (Å²) in [6, 6.07) is 0. The number of ether oxygens (including phenoxy) is 2. The van der Waals surface area contributed by atoms with Crippen LogP contribution in [0.2, 0.25) is 0 Å². The van der Waals surface area contributed by atoms with Crippen molar-refractivity contribution in [3.8, 4) is 11.5 Å². The molecule has 0 aromatic carbocycles. The maximum Gasteiger partial charge on any atom is 0.356 e. The van der Waals surface area contributed by atoms with E-state index in [1.165, 1.54) is 7.11 Å². The number of hydrogen-bond donors (Lipinski definition) is 0. The second-order valence-electron chi connectivity index (χ2n) is 2.65. The smallest absolute Gasteiger partial charge is 0.356 e. The Morgan fingerprint density at radius 1 is 1.44 bits per heavy atom. The van der Waals surface area contributed by atoms with Crippen LogP contribution in [0.4, 0.5) is 14.5 Å². The van der Waals surface area contributed by atoms with E-state index < -0.39 is 28.5 Å². The van der Waals surface area contributed by atoms with Crippen molar-refractivity contribution in [3.63, 3.8) is 0 Å². The van der Waals surface area contributed by atoms with E-state index in [2.05, 4.69) is 14.5 Å². The number of alkyl halides is 2. The molecule has 0 aliphatic rings. The second-order valence-corrected chi connectivity index (χ2v) is 2.65. The molecule has 0 aliphatic heterocycles. The Bertz CT molecular complexity index is 411. The molecule has 8 heteroatoms. The standard InChI is InChI=1S/C8H8F2N2O4/c1-15-4-3-11-5(8(9)10)7(16-2)6(4)12(13)14/h3,8H,1-2H3. The normalized spacial score (nSPS) is 10.3. The maximum absolute atomic E-state index is 12.5. The first-order chi connectivity index (χ1) is 7.52. The Labute approximate surface area is 89.0 Å². The first kappa shape index (κ1) is 12.1. The van der Waals surface area contributed by atoms with Crippen molar-refractivity contribution in [3.05, 3.63) is 22.0 Å². The van der Waals surface area contributed by atoms with Crippen molar-refractivity contribution < 1.29 is 23.2 Å². The minimum Gasteiger partial charge on any atom is -0.489 e. The Balaban J connectivity index is 3.49. The van der Waals surface area contributed by atoms with Crippen molar-refractivity contribution in [2.24, 2.45) is 0 Å². The Hall–Kier alpha value is -1.99. The number of rotatable bonds is 4. The highest BCUT2D eigenvalue weighted by molar-refractivity contribution is 5.58. The summed E-state index contributed by atoms with van der Waals surface area (Å²) >= 11 is 0. The highest BCUT2D eigenvalue weighted by atomic mass is 19.3. The number of methoxy groups -OCH3 is 2. The van der Waals surface area contributed by atoms with Gasteiger partial charge in [0.25, 0.3) is 6.43 Å². The lowest BCUT2D eigenvalue weighted by molar-refractivity contribution is -0.386. The van der Waals surface area contributed by atoms with Gasteiger partial charge in [-0.3, -0.25) is 10.1 Å². The summed E-state index contributed by atoms with van der Waals surface area (Å²) in [6.07, 6.45) is -2.10. The van der Waals surface area contributed by atoms with Crippen molar-refractivity contribution in [2.45, 2.75) is 6.43 Å². The molecule has 0 saturated carbocycles. The molecule has 16 heavy (non-hydrogen) atoms. The van der Waals surface area contributed by atoms with Gasteiger partial charge in [-0.15, -0.1) is 0 Å². The third kappa shape index (κ3) is 2.00. The third-order valence-electron chi connectivity index (χ3n) is 1.82. The SMILES string of the molecule is COc1cnc(C(F)F)c(OC)c1[N+](=O)[O-]. The quantitative estimate of drug-likeness (QED) is 0.587. The van der Waals surface area contributed by atoms with Gasteiger partial charge in [0.05, 0.1) is 25.3 Å². The molecular formula is C8H8F2N2O4. The van der Waals surface area contributed by atoms with Gasteiger partial charge in [-0.25, -0.2) is 13.8 Å². The lowest BCUT2D eigenvalue weighted by Gasteiger charge is -2.09. The van der Waals surface area contributed by atoms with E-state index in [9.17, 15) is 18.9 Å². The van der Waals surface area contributed by atoms with Crippen molar-refractivity contribution >= 4 is 5.69 Å². The lowest BCUT2D eigenvalue weighted by Crippen LogP contribution is -2.03. The molecule has 0 unspecified atom stereocenters. The number of pyridine rings is 1. The molecule has 88 valence electrons. The van der Waals surface area contributed by atoms with Gasteiger partial charge in [-0.1, -0.05) is 0 Å². The van der Waals surface area contributed by atoms with Gasteiger partial charge in [0.2, 0.25) is 11.5 Å². The summed E-state index contributed by atoms with van der Waals surface area (Å²) in [6.45, 7) is 0. The van der Waals surface area contributed by atoms with E-state index in [0.29, 0.717) is 0 Å². The summed E-state index contributed by atoms with van der Waals surface area (Å²) in [5.41, 5.74) is -1.44. The summed E-state index contributed by atoms with van der Waals surface area (Å²) < 4.78 is 34.2. The first-order valence-corrected chi connectivity index (χ1v) is 4.06. The third-order valence-corrected chi connectivity index (χ3v) is 1.82. The van der Waals surface area contributed by atoms with Crippen molar-refractivity contribution in [1.29, 1.82) is 0 Å². The van der Waals surface area contributed by atoms with Gasteiger partial charge in [0, 0.05) is 0 Å². The fraction of sp³-hybridized carbons (Fsp3) is 0.375. The van der Waals surface area contributed by atoms with E-state index >= 15 is 0 Å². The Morgan fingerprint density at radius 2 is 2.06 bits per heavy atom. The number of hydrogen-bond acceptors (Lipinski definition) is 5. The predicted molar refractivity (Wildman–Crippen MR) is 49.0 cm³/mol. The minimum absolute atomic E-state index is 0.230. The zero-order valence-electron chi connectivity index (χ0n) is 8.44. The van der Waals surface area contributed by atoms with Gasteiger partial charge in [-0.05, 0) is 0 Å². The van der Waals surface area contributed by atoms with Crippen LogP contribution < -0.4 is 9.47 Å². The average Bonchev–Trinajstić information content (AvgIpc) is 2.26. The van der Waals surface area contributed by atoms with Crippen LogP contribution in [0.25, 0.3) is 0 Å². The summed E-state index contributed by atoms with van der Waals surface area (Å²) in [7, 11) is 2.22. The van der Waals surface area contributed by atoms with Gasteiger partial charge in [0.15, 0.2) is 5.69 Å². The average molecular weight is 234 g/mol. The van der Waals surface area contributed by atoms with Crippen LogP contribution in [0.3, 0.4) is 0 Å². The zero-order chi connectivity index (χ0) is 12.3. The van der Waals surface area contributed by atoms with Crippen molar-refractivity contribution in [1.82, 2.24) is 4.98 Å². The molecule has 1 aromatic rings. The van der Waals surface area contributed by atoms with Crippen LogP contribution in [0.15, 0.2) is 6.20 Å². The van der Waals surface area contributed by atoms with Crippen LogP contribution in [-0.2, 0) is 0 Å². The van der Waals surface area contributed by atoms with Gasteiger partial charge < -0.3 is 9.47 Å². The second kappa shape index (κ2) is 4.69. The fourth-order valence-corrected chi connectivity index (χ4v) is 1.16. The molecule has 0 amide bonds. The summed E-state index contributed by atoms with van der Waals surface area (Å²) in [4.78, 5) is 13.2. The molecule has 1 heterocycles. The molecule has 1 aromatic heterocycles. The first-order valence-electron chi connectivity index (χ1n) is 4.06. The Morgan fingerprint density at radius 3 is 2.44 bits per heavy atom. The van der Waals surface area contributed by atoms with E-state index in [-0.39, 0.29) is 5.75 Å². The van der Waals surface area contributed by atoms with Gasteiger partial charge >= 0.3 is 5.69 Å². The highest BCUT2D eigenvalue weighted by Crippen LogP contribution is 2.41. The molecule has 0 radical (unpaired) electrons. The van der Waals surface area contributed by atoms with Gasteiger partial charge in [0.1, 0.15) is 0 Å². The molecule has 0 atom stereocenters. The highest BCUT2D eigenvalue weighted by Gasteiger charge is 2.30. The Kier molecular flexibility index (Phi) is 3.54. The number of halogens is 2. The molecule has 0 bridgehead atoms. The molecule has 0 spiro atoms. The van der Waals surface area contributed by atoms with Gasteiger partial charge in [-0.2, -0.15) is 0 Å². The van der Waals surface area contributed by atoms with Crippen LogP contribution in [0, 0.1) is 10.1 Å². The van der Waals surface area contributed by atoms with E-state index in [4.69, 9.17) is 0 Å². The minimum atomic E-state index is -2.96. The van der Waals surface area contributed by atoms with E-state index in [0.717, 1.165) is 13.3 Å². The van der Waals surface area contributed by atoms with Crippen LogP contribution in [-0.4, -0.2) is 24.1 Å². The summed E-state index contributed by atoms with van der Waals surface area (Å²) in [5.74, 6) is -0.814. The largest absolute Gasteiger partial charge is 0.489 e. The predicted octanol–water partition coefficient (Wildman–Crippen LogP) is 1.94. The van der Waals surface area contributed by atoms with Crippen molar-refractivity contribution in [2.75, 3.05) is 14.2 Å². The van der Waals surface area contributed by atoms with Crippen LogP contribution >= 0.6 is 0 Å².